The number of anilines is 1. The van der Waals surface area contributed by atoms with Gasteiger partial charge in [0, 0.05) is 19.6 Å². The Morgan fingerprint density at radius 3 is 2.89 bits per heavy atom. The number of amides is 1. The third-order valence-electron chi connectivity index (χ3n) is 4.49. The number of halogens is 2. The van der Waals surface area contributed by atoms with Gasteiger partial charge in [0.1, 0.15) is 24.5 Å². The summed E-state index contributed by atoms with van der Waals surface area (Å²) in [5.74, 6) is 0.0633. The van der Waals surface area contributed by atoms with Gasteiger partial charge in [-0.3, -0.25) is 4.79 Å². The van der Waals surface area contributed by atoms with E-state index in [1.807, 2.05) is 0 Å². The maximum absolute atomic E-state index is 13.2. The number of hydrogen-bond donors (Lipinski definition) is 1. The number of fused-ring (bicyclic) bond motifs is 1. The Hall–Kier alpha value is -2.78. The summed E-state index contributed by atoms with van der Waals surface area (Å²) < 4.78 is 20.1. The van der Waals surface area contributed by atoms with Crippen LogP contribution < -0.4 is 10.2 Å². The third-order valence-corrected chi connectivity index (χ3v) is 4.78. The Labute approximate surface area is 165 Å². The molecule has 0 radical (unpaired) electrons. The Morgan fingerprint density at radius 2 is 2.11 bits per heavy atom. The third kappa shape index (κ3) is 3.90. The number of carbonyl (C=O) groups excluding carboxylic acids is 1. The number of hydrogen-bond acceptors (Lipinski definition) is 6. The minimum atomic E-state index is -0.490. The normalized spacial score (nSPS) is 14.4. The number of nitrogens with one attached hydrogen (secondary N) is 1. The summed E-state index contributed by atoms with van der Waals surface area (Å²) in [6, 6.07) is 4.34. The lowest BCUT2D eigenvalue weighted by molar-refractivity contribution is -0.121. The van der Waals surface area contributed by atoms with Crippen molar-refractivity contribution in [1.29, 1.82) is 0 Å². The van der Waals surface area contributed by atoms with Crippen molar-refractivity contribution in [3.63, 3.8) is 0 Å². The molecule has 28 heavy (non-hydrogen) atoms. The summed E-state index contributed by atoms with van der Waals surface area (Å²) in [5.41, 5.74) is 1.30. The fourth-order valence-corrected chi connectivity index (χ4v) is 3.27. The van der Waals surface area contributed by atoms with Crippen LogP contribution >= 0.6 is 11.6 Å². The molecule has 8 nitrogen and oxygen atoms in total. The number of nitrogens with zero attached hydrogens (tertiary/aromatic N) is 5. The van der Waals surface area contributed by atoms with Gasteiger partial charge >= 0.3 is 0 Å². The Kier molecular flexibility index (Phi) is 5.36. The molecular formula is C18H18ClFN6O2. The Balaban J connectivity index is 1.45. The first-order valence-corrected chi connectivity index (χ1v) is 9.19. The van der Waals surface area contributed by atoms with E-state index in [2.05, 4.69) is 25.3 Å². The molecule has 2 aromatic heterocycles. The van der Waals surface area contributed by atoms with E-state index >= 15 is 0 Å². The molecule has 10 heteroatoms. The van der Waals surface area contributed by atoms with Gasteiger partial charge in [0.05, 0.1) is 29.8 Å². The van der Waals surface area contributed by atoms with E-state index in [1.165, 1.54) is 23.1 Å². The highest BCUT2D eigenvalue weighted by Gasteiger charge is 2.18. The summed E-state index contributed by atoms with van der Waals surface area (Å²) in [7, 11) is 0. The fraction of sp³-hybridized carbons (Fsp3) is 0.333. The number of morpholine rings is 1. The second-order valence-electron chi connectivity index (χ2n) is 6.36. The minimum absolute atomic E-state index is 0.0119. The maximum Gasteiger partial charge on any atom is 0.242 e. The van der Waals surface area contributed by atoms with E-state index in [0.29, 0.717) is 24.4 Å². The van der Waals surface area contributed by atoms with Crippen molar-refractivity contribution in [2.24, 2.45) is 0 Å². The van der Waals surface area contributed by atoms with Crippen LogP contribution in [0.3, 0.4) is 0 Å². The van der Waals surface area contributed by atoms with Gasteiger partial charge in [-0.1, -0.05) is 17.7 Å². The molecule has 1 aromatic carbocycles. The zero-order chi connectivity index (χ0) is 19.5. The van der Waals surface area contributed by atoms with Crippen LogP contribution in [0.15, 0.2) is 30.7 Å². The molecule has 0 bridgehead atoms. The second kappa shape index (κ2) is 8.07. The molecule has 3 aromatic rings. The van der Waals surface area contributed by atoms with Crippen LogP contribution in [0.5, 0.6) is 0 Å². The first kappa shape index (κ1) is 18.6. The number of benzene rings is 1. The summed E-state index contributed by atoms with van der Waals surface area (Å²) in [6.45, 7) is 3.05. The standard InChI is InChI=1S/C18H18ClFN6O2/c19-14-7-12(1-2-15(14)20)8-21-16(27)10-26-18-13(9-24-26)17(22-11-23-18)25-3-5-28-6-4-25/h1-2,7,9,11H,3-6,8,10H2,(H,21,27). The number of ether oxygens (including phenoxy) is 1. The molecule has 1 aliphatic heterocycles. The van der Waals surface area contributed by atoms with Gasteiger partial charge in [-0.15, -0.1) is 0 Å². The lowest BCUT2D eigenvalue weighted by Crippen LogP contribution is -2.36. The van der Waals surface area contributed by atoms with E-state index < -0.39 is 5.82 Å². The zero-order valence-electron chi connectivity index (χ0n) is 14.9. The van der Waals surface area contributed by atoms with Gasteiger partial charge in [-0.05, 0) is 17.7 Å². The zero-order valence-corrected chi connectivity index (χ0v) is 15.7. The summed E-state index contributed by atoms with van der Waals surface area (Å²) in [6.07, 6.45) is 3.15. The second-order valence-corrected chi connectivity index (χ2v) is 6.77. The molecule has 1 N–H and O–H groups in total. The predicted octanol–water partition coefficient (Wildman–Crippen LogP) is 1.77. The molecule has 0 unspecified atom stereocenters. The van der Waals surface area contributed by atoms with Crippen molar-refractivity contribution in [3.8, 4) is 0 Å². The van der Waals surface area contributed by atoms with Crippen molar-refractivity contribution in [2.45, 2.75) is 13.1 Å². The van der Waals surface area contributed by atoms with E-state index in [0.717, 1.165) is 24.3 Å². The van der Waals surface area contributed by atoms with Crippen molar-refractivity contribution in [2.75, 3.05) is 31.2 Å². The molecule has 0 atom stereocenters. The van der Waals surface area contributed by atoms with Crippen LogP contribution in [-0.4, -0.2) is 52.0 Å². The number of rotatable bonds is 5. The molecule has 0 aliphatic carbocycles. The summed E-state index contributed by atoms with van der Waals surface area (Å²) in [4.78, 5) is 23.1. The number of carbonyl (C=O) groups is 1. The average Bonchev–Trinajstić information content (AvgIpc) is 3.12. The average molecular weight is 405 g/mol. The molecule has 1 fully saturated rings. The largest absolute Gasteiger partial charge is 0.378 e. The molecule has 0 spiro atoms. The van der Waals surface area contributed by atoms with Gasteiger partial charge < -0.3 is 15.0 Å². The first-order valence-electron chi connectivity index (χ1n) is 8.81. The highest BCUT2D eigenvalue weighted by molar-refractivity contribution is 6.30. The van der Waals surface area contributed by atoms with E-state index in [4.69, 9.17) is 16.3 Å². The highest BCUT2D eigenvalue weighted by Crippen LogP contribution is 2.23. The molecular weight excluding hydrogens is 387 g/mol. The van der Waals surface area contributed by atoms with Crippen LogP contribution in [0.25, 0.3) is 11.0 Å². The van der Waals surface area contributed by atoms with Gasteiger partial charge in [-0.25, -0.2) is 19.0 Å². The van der Waals surface area contributed by atoms with Crippen LogP contribution in [0.4, 0.5) is 10.2 Å². The molecule has 1 saturated heterocycles. The van der Waals surface area contributed by atoms with Crippen LogP contribution in [0.2, 0.25) is 5.02 Å². The van der Waals surface area contributed by atoms with Crippen molar-refractivity contribution < 1.29 is 13.9 Å². The predicted molar refractivity (Wildman–Crippen MR) is 102 cm³/mol. The van der Waals surface area contributed by atoms with Crippen molar-refractivity contribution >= 4 is 34.4 Å². The molecule has 3 heterocycles. The maximum atomic E-state index is 13.2. The molecule has 0 saturated carbocycles. The van der Waals surface area contributed by atoms with E-state index in [9.17, 15) is 9.18 Å². The first-order chi connectivity index (χ1) is 13.6. The molecule has 146 valence electrons. The molecule has 4 rings (SSSR count). The van der Waals surface area contributed by atoms with Crippen LogP contribution in [-0.2, 0) is 22.6 Å². The smallest absolute Gasteiger partial charge is 0.242 e. The molecule has 1 amide bonds. The Morgan fingerprint density at radius 1 is 1.29 bits per heavy atom. The van der Waals surface area contributed by atoms with E-state index in [-0.39, 0.29) is 24.0 Å². The molecule has 1 aliphatic rings. The highest BCUT2D eigenvalue weighted by atomic mass is 35.5. The SMILES string of the molecule is O=C(Cn1ncc2c(N3CCOCC3)ncnc21)NCc1ccc(F)c(Cl)c1. The van der Waals surface area contributed by atoms with Crippen molar-refractivity contribution in [1.82, 2.24) is 25.1 Å². The Bertz CT molecular complexity index is 1000. The quantitative estimate of drug-likeness (QED) is 0.697. The fourth-order valence-electron chi connectivity index (χ4n) is 3.07. The number of aromatic nitrogens is 4. The minimum Gasteiger partial charge on any atom is -0.378 e. The van der Waals surface area contributed by atoms with Crippen molar-refractivity contribution in [3.05, 3.63) is 47.1 Å². The van der Waals surface area contributed by atoms with Gasteiger partial charge in [-0.2, -0.15) is 5.10 Å². The van der Waals surface area contributed by atoms with Gasteiger partial charge in [0.25, 0.3) is 0 Å². The topological polar surface area (TPSA) is 85.2 Å². The lowest BCUT2D eigenvalue weighted by Gasteiger charge is -2.27. The summed E-state index contributed by atoms with van der Waals surface area (Å²) in [5, 5.41) is 7.89. The van der Waals surface area contributed by atoms with E-state index in [1.54, 1.807) is 12.3 Å². The lowest BCUT2D eigenvalue weighted by atomic mass is 10.2. The summed E-state index contributed by atoms with van der Waals surface area (Å²) >= 11 is 5.76. The van der Waals surface area contributed by atoms with Crippen LogP contribution in [0.1, 0.15) is 5.56 Å². The van der Waals surface area contributed by atoms with Crippen LogP contribution in [0, 0.1) is 5.82 Å². The van der Waals surface area contributed by atoms with Gasteiger partial charge in [0.15, 0.2) is 5.65 Å². The monoisotopic (exact) mass is 404 g/mol. The van der Waals surface area contributed by atoms with Gasteiger partial charge in [0.2, 0.25) is 5.91 Å².